The van der Waals surface area contributed by atoms with Gasteiger partial charge in [0, 0.05) is 23.6 Å². The van der Waals surface area contributed by atoms with Crippen molar-refractivity contribution in [3.63, 3.8) is 0 Å². The van der Waals surface area contributed by atoms with Crippen molar-refractivity contribution in [2.75, 3.05) is 0 Å². The van der Waals surface area contributed by atoms with Gasteiger partial charge in [-0.25, -0.2) is 4.79 Å². The smallest absolute Gasteiger partial charge is 0.416 e. The van der Waals surface area contributed by atoms with Crippen LogP contribution in [0.4, 0.5) is 13.2 Å². The molecule has 2 aromatic heterocycles. The standard InChI is InChI=1S/C23H16F3NO3/c1-13-17-6-3-7-18(19-12-15(22(28)29)8-9-27-19)21(17)30-20(13)11-14-4-2-5-16(10-14)23(24,25)26/h2-10,12H,11H2,1H3,(H,28,29). The zero-order valence-corrected chi connectivity index (χ0v) is 15.8. The second kappa shape index (κ2) is 7.33. The third-order valence-corrected chi connectivity index (χ3v) is 4.96. The second-order valence-corrected chi connectivity index (χ2v) is 6.94. The molecule has 4 aromatic rings. The van der Waals surface area contributed by atoms with Crippen LogP contribution in [0.2, 0.25) is 0 Å². The summed E-state index contributed by atoms with van der Waals surface area (Å²) in [7, 11) is 0. The maximum Gasteiger partial charge on any atom is 0.416 e. The Bertz CT molecular complexity index is 1260. The number of fused-ring (bicyclic) bond motifs is 1. The van der Waals surface area contributed by atoms with E-state index in [-0.39, 0.29) is 12.0 Å². The predicted octanol–water partition coefficient (Wildman–Crippen LogP) is 6.11. The summed E-state index contributed by atoms with van der Waals surface area (Å²) in [5.41, 5.74) is 2.28. The number of carboxylic acids is 1. The first-order valence-electron chi connectivity index (χ1n) is 9.11. The van der Waals surface area contributed by atoms with Gasteiger partial charge in [-0.1, -0.05) is 30.3 Å². The van der Waals surface area contributed by atoms with Gasteiger partial charge in [0.1, 0.15) is 11.3 Å². The quantitative estimate of drug-likeness (QED) is 0.440. The number of alkyl halides is 3. The Kier molecular flexibility index (Phi) is 4.81. The first-order valence-corrected chi connectivity index (χ1v) is 9.11. The van der Waals surface area contributed by atoms with Gasteiger partial charge in [0.2, 0.25) is 0 Å². The molecule has 152 valence electrons. The van der Waals surface area contributed by atoms with Crippen LogP contribution in [0.25, 0.3) is 22.2 Å². The van der Waals surface area contributed by atoms with Gasteiger partial charge in [0.25, 0.3) is 0 Å². The minimum Gasteiger partial charge on any atom is -0.478 e. The number of hydrogen-bond acceptors (Lipinski definition) is 3. The molecule has 4 rings (SSSR count). The van der Waals surface area contributed by atoms with E-state index >= 15 is 0 Å². The van der Waals surface area contributed by atoms with E-state index in [2.05, 4.69) is 4.98 Å². The fourth-order valence-corrected chi connectivity index (χ4v) is 3.42. The van der Waals surface area contributed by atoms with Crippen LogP contribution in [0.3, 0.4) is 0 Å². The molecule has 2 aromatic carbocycles. The molecule has 30 heavy (non-hydrogen) atoms. The van der Waals surface area contributed by atoms with E-state index in [1.165, 1.54) is 24.4 Å². The number of carbonyl (C=O) groups is 1. The molecule has 0 amide bonds. The number of pyridine rings is 1. The van der Waals surface area contributed by atoms with Crippen molar-refractivity contribution >= 4 is 16.9 Å². The number of aromatic nitrogens is 1. The van der Waals surface area contributed by atoms with Gasteiger partial charge in [0.15, 0.2) is 0 Å². The molecule has 0 aliphatic rings. The molecule has 0 aliphatic heterocycles. The van der Waals surface area contributed by atoms with Crippen LogP contribution in [0.5, 0.6) is 0 Å². The summed E-state index contributed by atoms with van der Waals surface area (Å²) in [4.78, 5) is 15.5. The second-order valence-electron chi connectivity index (χ2n) is 6.94. The molecule has 0 unspecified atom stereocenters. The maximum atomic E-state index is 13.0. The van der Waals surface area contributed by atoms with Gasteiger partial charge < -0.3 is 9.52 Å². The maximum absolute atomic E-state index is 13.0. The number of benzene rings is 2. The van der Waals surface area contributed by atoms with Gasteiger partial charge in [-0.3, -0.25) is 4.98 Å². The third-order valence-electron chi connectivity index (χ3n) is 4.96. The molecule has 0 aliphatic carbocycles. The molecular weight excluding hydrogens is 395 g/mol. The largest absolute Gasteiger partial charge is 0.478 e. The van der Waals surface area contributed by atoms with Crippen molar-refractivity contribution in [2.45, 2.75) is 19.5 Å². The summed E-state index contributed by atoms with van der Waals surface area (Å²) in [6.45, 7) is 1.85. The number of hydrogen-bond donors (Lipinski definition) is 1. The van der Waals surface area contributed by atoms with Crippen LogP contribution in [0, 0.1) is 6.92 Å². The number of rotatable bonds is 4. The summed E-state index contributed by atoms with van der Waals surface area (Å²) in [5.74, 6) is -0.516. The first kappa shape index (κ1) is 19.7. The average Bonchev–Trinajstić information content (AvgIpc) is 3.03. The number of para-hydroxylation sites is 1. The molecule has 0 spiro atoms. The summed E-state index contributed by atoms with van der Waals surface area (Å²) in [5, 5.41) is 10.0. The van der Waals surface area contributed by atoms with Crippen molar-refractivity contribution in [1.29, 1.82) is 0 Å². The van der Waals surface area contributed by atoms with Gasteiger partial charge in [-0.05, 0) is 42.3 Å². The lowest BCUT2D eigenvalue weighted by atomic mass is 10.0. The lowest BCUT2D eigenvalue weighted by Crippen LogP contribution is -2.05. The Hall–Kier alpha value is -3.61. The van der Waals surface area contributed by atoms with E-state index in [9.17, 15) is 23.1 Å². The number of carboxylic acid groups (broad SMARTS) is 1. The molecule has 0 bridgehead atoms. The predicted molar refractivity (Wildman–Crippen MR) is 105 cm³/mol. The van der Waals surface area contributed by atoms with Gasteiger partial charge in [0.05, 0.1) is 16.8 Å². The Morgan fingerprint density at radius 1 is 1.10 bits per heavy atom. The van der Waals surface area contributed by atoms with Crippen molar-refractivity contribution in [1.82, 2.24) is 4.98 Å². The number of aryl methyl sites for hydroxylation is 1. The molecule has 0 saturated heterocycles. The number of aromatic carboxylic acids is 1. The van der Waals surface area contributed by atoms with Crippen molar-refractivity contribution in [2.24, 2.45) is 0 Å². The normalized spacial score (nSPS) is 11.7. The minimum atomic E-state index is -4.41. The van der Waals surface area contributed by atoms with Crippen LogP contribution < -0.4 is 0 Å². The topological polar surface area (TPSA) is 63.3 Å². The van der Waals surface area contributed by atoms with E-state index in [1.54, 1.807) is 12.1 Å². The van der Waals surface area contributed by atoms with E-state index in [4.69, 9.17) is 4.42 Å². The van der Waals surface area contributed by atoms with Crippen LogP contribution in [0.15, 0.2) is 65.2 Å². The molecular formula is C23H16F3NO3. The molecule has 4 nitrogen and oxygen atoms in total. The summed E-state index contributed by atoms with van der Waals surface area (Å²) < 4.78 is 45.1. The number of furan rings is 1. The third kappa shape index (κ3) is 3.66. The Labute approximate surface area is 169 Å². The lowest BCUT2D eigenvalue weighted by molar-refractivity contribution is -0.137. The highest BCUT2D eigenvalue weighted by atomic mass is 19.4. The first-order chi connectivity index (χ1) is 14.2. The molecule has 0 radical (unpaired) electrons. The minimum absolute atomic E-state index is 0.101. The summed E-state index contributed by atoms with van der Waals surface area (Å²) >= 11 is 0. The molecule has 7 heteroatoms. The Balaban J connectivity index is 1.78. The fraction of sp³-hybridized carbons (Fsp3) is 0.130. The molecule has 1 N–H and O–H groups in total. The fourth-order valence-electron chi connectivity index (χ4n) is 3.42. The van der Waals surface area contributed by atoms with Gasteiger partial charge in [-0.2, -0.15) is 13.2 Å². The molecule has 0 atom stereocenters. The zero-order valence-electron chi connectivity index (χ0n) is 15.8. The highest BCUT2D eigenvalue weighted by Gasteiger charge is 2.30. The highest BCUT2D eigenvalue weighted by molar-refractivity contribution is 5.95. The van der Waals surface area contributed by atoms with Crippen LogP contribution in [-0.4, -0.2) is 16.1 Å². The van der Waals surface area contributed by atoms with Gasteiger partial charge in [-0.15, -0.1) is 0 Å². The van der Waals surface area contributed by atoms with E-state index in [0.717, 1.165) is 23.1 Å². The van der Waals surface area contributed by atoms with E-state index in [0.29, 0.717) is 28.2 Å². The monoisotopic (exact) mass is 411 g/mol. The van der Waals surface area contributed by atoms with Crippen molar-refractivity contribution in [3.8, 4) is 11.3 Å². The highest BCUT2D eigenvalue weighted by Crippen LogP contribution is 2.35. The van der Waals surface area contributed by atoms with Crippen molar-refractivity contribution in [3.05, 3.63) is 88.8 Å². The molecule has 0 saturated carbocycles. The van der Waals surface area contributed by atoms with Crippen LogP contribution in [-0.2, 0) is 12.6 Å². The SMILES string of the molecule is Cc1c(Cc2cccc(C(F)(F)F)c2)oc2c(-c3cc(C(=O)O)ccn3)cccc12. The summed E-state index contributed by atoms with van der Waals surface area (Å²) in [6.07, 6.45) is -2.80. The Morgan fingerprint density at radius 3 is 2.60 bits per heavy atom. The van der Waals surface area contributed by atoms with Crippen LogP contribution >= 0.6 is 0 Å². The molecule has 2 heterocycles. The van der Waals surface area contributed by atoms with E-state index < -0.39 is 17.7 Å². The van der Waals surface area contributed by atoms with E-state index in [1.807, 2.05) is 19.1 Å². The zero-order chi connectivity index (χ0) is 21.5. The van der Waals surface area contributed by atoms with Gasteiger partial charge >= 0.3 is 12.1 Å². The lowest BCUT2D eigenvalue weighted by Gasteiger charge is -2.08. The number of halogens is 3. The average molecular weight is 411 g/mol. The summed E-state index contributed by atoms with van der Waals surface area (Å²) in [6, 6.07) is 13.5. The Morgan fingerprint density at radius 2 is 1.87 bits per heavy atom. The molecule has 0 fully saturated rings. The van der Waals surface area contributed by atoms with Crippen LogP contribution in [0.1, 0.15) is 32.8 Å². The number of nitrogens with zero attached hydrogens (tertiary/aromatic N) is 1. The van der Waals surface area contributed by atoms with Crippen molar-refractivity contribution < 1.29 is 27.5 Å².